The molecule has 2 aromatic rings. The highest BCUT2D eigenvalue weighted by molar-refractivity contribution is 6.71. The Bertz CT molecular complexity index is 1000. The third-order valence-electron chi connectivity index (χ3n) is 5.72. The van der Waals surface area contributed by atoms with E-state index in [-0.39, 0.29) is 21.2 Å². The molecule has 0 aliphatic carbocycles. The molecule has 0 saturated carbocycles. The molecule has 4 nitrogen and oxygen atoms in total. The minimum atomic E-state index is -6.26. The van der Waals surface area contributed by atoms with Gasteiger partial charge in [0.1, 0.15) is 0 Å². The fraction of sp³-hybridized carbons (Fsp3) is 0.391. The van der Waals surface area contributed by atoms with Crippen LogP contribution in [-0.2, 0) is 9.59 Å². The van der Waals surface area contributed by atoms with Crippen molar-refractivity contribution in [3.05, 3.63) is 48.5 Å². The van der Waals surface area contributed by atoms with Crippen LogP contribution in [0.3, 0.4) is 0 Å². The molecule has 0 spiro atoms. The van der Waals surface area contributed by atoms with Crippen LogP contribution in [0.5, 0.6) is 0 Å². The zero-order valence-corrected chi connectivity index (χ0v) is 22.1. The molecule has 2 amide bonds. The maximum atomic E-state index is 14.3. The van der Waals surface area contributed by atoms with E-state index in [0.717, 1.165) is 14.1 Å². The zero-order valence-electron chi connectivity index (χ0n) is 20.1. The molecule has 0 bridgehead atoms. The van der Waals surface area contributed by atoms with E-state index in [9.17, 15) is 35.9 Å². The van der Waals surface area contributed by atoms with Gasteiger partial charge in [0.25, 0.3) is 11.8 Å². The summed E-state index contributed by atoms with van der Waals surface area (Å²) in [6, 6.07) is 11.5. The average Bonchev–Trinajstić information content (AvgIpc) is 2.76. The number of hydrogen-bond acceptors (Lipinski definition) is 2. The molecule has 35 heavy (non-hydrogen) atoms. The van der Waals surface area contributed by atoms with E-state index >= 15 is 0 Å². The average molecular weight is 533 g/mol. The molecule has 0 saturated heterocycles. The Morgan fingerprint density at radius 2 is 0.971 bits per heavy atom. The Labute approximate surface area is 203 Å². The van der Waals surface area contributed by atoms with Crippen molar-refractivity contribution in [2.24, 2.45) is 5.41 Å². The molecule has 0 atom stereocenters. The number of amides is 2. The van der Waals surface area contributed by atoms with Crippen molar-refractivity contribution < 1.29 is 35.9 Å². The normalized spacial score (nSPS) is 12.7. The third kappa shape index (κ3) is 5.32. The SMILES string of the molecule is CN(C(=O)C(C(=O)N(C)c1cccc([Si](C)C)c1)(C(F)(F)F)C(F)(F)F)c1cccc([Si](C)C)c1. The summed E-state index contributed by atoms with van der Waals surface area (Å²) in [5, 5.41) is 1.41. The highest BCUT2D eigenvalue weighted by Crippen LogP contribution is 2.53. The summed E-state index contributed by atoms with van der Waals surface area (Å²) in [4.78, 5) is 26.8. The molecule has 0 aromatic heterocycles. The topological polar surface area (TPSA) is 40.6 Å². The molecular formula is C23H26F6N2O2Si2. The highest BCUT2D eigenvalue weighted by atomic mass is 28.3. The number of carbonyl (C=O) groups excluding carboxylic acids is 2. The Morgan fingerprint density at radius 3 is 1.23 bits per heavy atom. The van der Waals surface area contributed by atoms with E-state index in [1.165, 1.54) is 36.4 Å². The number of anilines is 2. The Hall–Kier alpha value is -2.61. The lowest BCUT2D eigenvalue weighted by Gasteiger charge is -2.39. The number of nitrogens with zero attached hydrogens (tertiary/aromatic N) is 2. The second kappa shape index (κ2) is 10.2. The van der Waals surface area contributed by atoms with Gasteiger partial charge >= 0.3 is 17.8 Å². The van der Waals surface area contributed by atoms with E-state index in [2.05, 4.69) is 0 Å². The lowest BCUT2D eigenvalue weighted by atomic mass is 9.82. The van der Waals surface area contributed by atoms with Crippen LogP contribution < -0.4 is 20.2 Å². The highest BCUT2D eigenvalue weighted by Gasteiger charge is 2.81. The van der Waals surface area contributed by atoms with Gasteiger partial charge in [-0.3, -0.25) is 9.59 Å². The summed E-state index contributed by atoms with van der Waals surface area (Å²) >= 11 is 0. The second-order valence-corrected chi connectivity index (χ2v) is 13.7. The Balaban J connectivity index is 2.71. The van der Waals surface area contributed by atoms with Crippen LogP contribution in [0.25, 0.3) is 0 Å². The predicted molar refractivity (Wildman–Crippen MR) is 128 cm³/mol. The molecule has 2 rings (SSSR count). The van der Waals surface area contributed by atoms with Gasteiger partial charge in [-0.2, -0.15) is 26.3 Å². The molecule has 2 aromatic carbocycles. The maximum absolute atomic E-state index is 14.3. The van der Waals surface area contributed by atoms with Gasteiger partial charge in [-0.25, -0.2) is 0 Å². The van der Waals surface area contributed by atoms with Crippen LogP contribution in [0, 0.1) is 5.41 Å². The number of hydrogen-bond donors (Lipinski definition) is 0. The first-order valence-electron chi connectivity index (χ1n) is 10.5. The van der Waals surface area contributed by atoms with E-state index < -0.39 is 47.2 Å². The van der Waals surface area contributed by atoms with Crippen molar-refractivity contribution in [1.29, 1.82) is 0 Å². The number of benzene rings is 2. The van der Waals surface area contributed by atoms with Crippen LogP contribution in [0.2, 0.25) is 26.2 Å². The van der Waals surface area contributed by atoms with E-state index in [1.807, 2.05) is 26.2 Å². The zero-order chi connectivity index (χ0) is 26.9. The first-order chi connectivity index (χ1) is 16.0. The summed E-state index contributed by atoms with van der Waals surface area (Å²) < 4.78 is 86.0. The fourth-order valence-electron chi connectivity index (χ4n) is 3.53. The van der Waals surface area contributed by atoms with Crippen molar-refractivity contribution >= 4 is 51.2 Å². The van der Waals surface area contributed by atoms with Gasteiger partial charge in [0, 0.05) is 25.5 Å². The molecule has 2 radical (unpaired) electrons. The van der Waals surface area contributed by atoms with Crippen LogP contribution in [0.15, 0.2) is 48.5 Å². The monoisotopic (exact) mass is 532 g/mol. The minimum Gasteiger partial charge on any atom is -0.314 e. The van der Waals surface area contributed by atoms with Crippen molar-refractivity contribution in [1.82, 2.24) is 0 Å². The Kier molecular flexibility index (Phi) is 8.32. The predicted octanol–water partition coefficient (Wildman–Crippen LogP) is 4.35. The molecule has 0 fully saturated rings. The van der Waals surface area contributed by atoms with E-state index in [1.54, 1.807) is 12.1 Å². The Morgan fingerprint density at radius 1 is 0.657 bits per heavy atom. The molecule has 0 aliphatic heterocycles. The lowest BCUT2D eigenvalue weighted by molar-refractivity contribution is -0.309. The van der Waals surface area contributed by atoms with Gasteiger partial charge in [-0.05, 0) is 24.3 Å². The summed E-state index contributed by atoms with van der Waals surface area (Å²) in [6.45, 7) is 7.53. The maximum Gasteiger partial charge on any atom is 0.421 e. The number of rotatable bonds is 6. The quantitative estimate of drug-likeness (QED) is 0.316. The van der Waals surface area contributed by atoms with Crippen molar-refractivity contribution in [3.8, 4) is 0 Å². The fourth-order valence-corrected chi connectivity index (χ4v) is 5.26. The van der Waals surface area contributed by atoms with Gasteiger partial charge in [-0.1, -0.05) is 60.8 Å². The lowest BCUT2D eigenvalue weighted by Crippen LogP contribution is -2.67. The summed E-state index contributed by atoms with van der Waals surface area (Å²) in [6.07, 6.45) is -12.5. The summed E-state index contributed by atoms with van der Waals surface area (Å²) in [5.41, 5.74) is -5.63. The first-order valence-corrected chi connectivity index (χ1v) is 15.5. The van der Waals surface area contributed by atoms with Crippen LogP contribution in [0.1, 0.15) is 0 Å². The van der Waals surface area contributed by atoms with E-state index in [4.69, 9.17) is 0 Å². The largest absolute Gasteiger partial charge is 0.421 e. The standard InChI is InChI=1S/C23H26F6N2O2Si2/c1-30(15-9-7-11-17(13-15)34(3)4)19(32)21(22(24,25)26,23(27,28)29)20(33)31(2)16-10-8-12-18(14-16)35(5)6/h7-14H,1-6H3. The second-order valence-electron chi connectivity index (χ2n) is 8.57. The first kappa shape index (κ1) is 28.6. The molecule has 0 aliphatic rings. The molecular weight excluding hydrogens is 506 g/mol. The molecule has 0 heterocycles. The smallest absolute Gasteiger partial charge is 0.314 e. The van der Waals surface area contributed by atoms with Crippen molar-refractivity contribution in [2.45, 2.75) is 38.5 Å². The van der Waals surface area contributed by atoms with Gasteiger partial charge in [0.2, 0.25) is 0 Å². The number of alkyl halides is 6. The van der Waals surface area contributed by atoms with Gasteiger partial charge in [0.15, 0.2) is 0 Å². The van der Waals surface area contributed by atoms with Crippen LogP contribution in [0.4, 0.5) is 37.7 Å². The number of halogens is 6. The van der Waals surface area contributed by atoms with Crippen LogP contribution >= 0.6 is 0 Å². The van der Waals surface area contributed by atoms with Crippen molar-refractivity contribution in [3.63, 3.8) is 0 Å². The van der Waals surface area contributed by atoms with Crippen molar-refractivity contribution in [2.75, 3.05) is 23.9 Å². The molecule has 0 N–H and O–H groups in total. The van der Waals surface area contributed by atoms with Gasteiger partial charge in [0.05, 0.1) is 17.6 Å². The van der Waals surface area contributed by atoms with Crippen LogP contribution in [-0.4, -0.2) is 55.9 Å². The van der Waals surface area contributed by atoms with Gasteiger partial charge < -0.3 is 9.80 Å². The molecule has 12 heteroatoms. The third-order valence-corrected chi connectivity index (χ3v) is 8.65. The van der Waals surface area contributed by atoms with Gasteiger partial charge in [-0.15, -0.1) is 0 Å². The summed E-state index contributed by atoms with van der Waals surface area (Å²) in [5.74, 6) is -4.83. The van der Waals surface area contributed by atoms with E-state index in [0.29, 0.717) is 10.4 Å². The number of carbonyl (C=O) groups is 2. The minimum absolute atomic E-state index is 0.168. The molecule has 190 valence electrons. The summed E-state index contributed by atoms with van der Waals surface area (Å²) in [7, 11) is -0.615. The molecule has 0 unspecified atom stereocenters.